The van der Waals surface area contributed by atoms with Gasteiger partial charge in [0.2, 0.25) is 5.91 Å². The average Bonchev–Trinajstić information content (AvgIpc) is 3.75. The summed E-state index contributed by atoms with van der Waals surface area (Å²) < 4.78 is 42.4. The zero-order chi connectivity index (χ0) is 49.6. The fourth-order valence-corrected chi connectivity index (χ4v) is 10.9. The first-order valence-corrected chi connectivity index (χ1v) is 26.4. The maximum absolute atomic E-state index is 14.1. The highest BCUT2D eigenvalue weighted by Gasteiger charge is 2.45. The number of nitrogens with one attached hydrogen (secondary N) is 1. The first-order chi connectivity index (χ1) is 33.5. The summed E-state index contributed by atoms with van der Waals surface area (Å²) in [4.78, 5) is 32.2. The Bertz CT molecular complexity index is 2140. The number of rotatable bonds is 31. The van der Waals surface area contributed by atoms with Crippen LogP contribution in [0.4, 0.5) is 5.82 Å². The Labute approximate surface area is 413 Å². The van der Waals surface area contributed by atoms with Gasteiger partial charge in [-0.15, -0.1) is 0 Å². The fraction of sp³-hybridized carbons (Fsp3) is 0.564. The zero-order valence-electron chi connectivity index (χ0n) is 42.4. The average molecular weight is 968 g/mol. The number of hydrogen-bond donors (Lipinski definition) is 1. The molecule has 1 fully saturated rings. The summed E-state index contributed by atoms with van der Waals surface area (Å²) in [6, 6.07) is 29.7. The molecule has 3 aromatic carbocycles. The van der Waals surface area contributed by atoms with Crippen LogP contribution in [0.2, 0.25) is 0 Å². The van der Waals surface area contributed by atoms with Gasteiger partial charge in [0.25, 0.3) is 8.53 Å². The predicted octanol–water partition coefficient (Wildman–Crippen LogP) is 12.5. The summed E-state index contributed by atoms with van der Waals surface area (Å²) in [6.07, 6.45) is 13.0. The van der Waals surface area contributed by atoms with Crippen LogP contribution in [-0.4, -0.2) is 71.9 Å². The number of ether oxygens (including phenoxy) is 4. The number of amides is 1. The molecule has 1 aliphatic rings. The van der Waals surface area contributed by atoms with E-state index >= 15 is 0 Å². The molecule has 0 radical (unpaired) electrons. The molecule has 376 valence electrons. The van der Waals surface area contributed by atoms with Gasteiger partial charge >= 0.3 is 5.69 Å². The monoisotopic (exact) mass is 968 g/mol. The van der Waals surface area contributed by atoms with Crippen molar-refractivity contribution in [2.24, 2.45) is 5.92 Å². The Morgan fingerprint density at radius 1 is 0.826 bits per heavy atom. The van der Waals surface area contributed by atoms with Crippen LogP contribution >= 0.6 is 8.53 Å². The molecule has 1 amide bonds. The normalized spacial score (nSPS) is 17.0. The van der Waals surface area contributed by atoms with Crippen molar-refractivity contribution in [3.05, 3.63) is 118 Å². The first-order valence-electron chi connectivity index (χ1n) is 25.3. The first kappa shape index (κ1) is 55.3. The Balaban J connectivity index is 1.49. The molecule has 5 unspecified atom stereocenters. The van der Waals surface area contributed by atoms with Crippen molar-refractivity contribution >= 4 is 20.3 Å². The number of benzene rings is 3. The van der Waals surface area contributed by atoms with Gasteiger partial charge in [-0.1, -0.05) is 133 Å². The van der Waals surface area contributed by atoms with Crippen LogP contribution in [0.1, 0.15) is 154 Å². The lowest BCUT2D eigenvalue weighted by Crippen LogP contribution is -2.39. The zero-order valence-corrected chi connectivity index (χ0v) is 43.3. The molecule has 13 nitrogen and oxygen atoms in total. The number of carbonyl (C=O) groups excluding carboxylic acids is 1. The van der Waals surface area contributed by atoms with Gasteiger partial charge in [-0.05, 0) is 87.6 Å². The Morgan fingerprint density at radius 2 is 1.38 bits per heavy atom. The van der Waals surface area contributed by atoms with Crippen molar-refractivity contribution in [1.82, 2.24) is 14.2 Å². The summed E-state index contributed by atoms with van der Waals surface area (Å²) in [6.45, 7) is 13.0. The van der Waals surface area contributed by atoms with E-state index in [1.165, 1.54) is 30.3 Å². The van der Waals surface area contributed by atoms with E-state index in [0.29, 0.717) is 11.5 Å². The number of aromatic nitrogens is 2. The van der Waals surface area contributed by atoms with Crippen molar-refractivity contribution in [1.29, 1.82) is 5.26 Å². The van der Waals surface area contributed by atoms with E-state index in [2.05, 4.69) is 62.6 Å². The molecule has 0 aliphatic carbocycles. The molecule has 1 aliphatic heterocycles. The molecule has 1 N–H and O–H groups in total. The quantitative estimate of drug-likeness (QED) is 0.0292. The van der Waals surface area contributed by atoms with Gasteiger partial charge < -0.3 is 33.3 Å². The van der Waals surface area contributed by atoms with Gasteiger partial charge in [0.05, 0.1) is 46.0 Å². The highest BCUT2D eigenvalue weighted by atomic mass is 31.2. The number of nitriles is 1. The van der Waals surface area contributed by atoms with Crippen molar-refractivity contribution in [2.45, 2.75) is 168 Å². The topological polar surface area (TPSA) is 146 Å². The lowest BCUT2D eigenvalue weighted by molar-refractivity contribution is -0.120. The number of carbonyl (C=O) groups is 1. The van der Waals surface area contributed by atoms with Crippen molar-refractivity contribution in [2.75, 3.05) is 32.8 Å². The third-order valence-corrected chi connectivity index (χ3v) is 14.9. The van der Waals surface area contributed by atoms with Crippen LogP contribution in [0.15, 0.2) is 95.9 Å². The third kappa shape index (κ3) is 15.7. The van der Waals surface area contributed by atoms with E-state index in [0.717, 1.165) is 68.1 Å². The minimum absolute atomic E-state index is 0.0351. The molecule has 5 rings (SSSR count). The number of nitrogens with zero attached hydrogens (tertiary/aromatic N) is 4. The van der Waals surface area contributed by atoms with E-state index in [1.807, 2.05) is 78.9 Å². The molecule has 0 spiro atoms. The number of unbranched alkanes of at least 4 members (excludes halogenated alkanes) is 8. The van der Waals surface area contributed by atoms with Crippen LogP contribution in [-0.2, 0) is 28.9 Å². The minimum Gasteiger partial charge on any atom is -0.497 e. The van der Waals surface area contributed by atoms with E-state index in [9.17, 15) is 14.9 Å². The molecule has 14 heteroatoms. The highest BCUT2D eigenvalue weighted by Crippen LogP contribution is 2.51. The van der Waals surface area contributed by atoms with Gasteiger partial charge in [0.1, 0.15) is 35.2 Å². The van der Waals surface area contributed by atoms with Crippen LogP contribution < -0.4 is 20.5 Å². The second kappa shape index (κ2) is 28.9. The fourth-order valence-electron chi connectivity index (χ4n) is 9.15. The predicted molar refractivity (Wildman–Crippen MR) is 274 cm³/mol. The second-order valence-electron chi connectivity index (χ2n) is 18.5. The molecule has 4 aromatic rings. The summed E-state index contributed by atoms with van der Waals surface area (Å²) in [7, 11) is 1.58. The summed E-state index contributed by atoms with van der Waals surface area (Å²) >= 11 is 0. The van der Waals surface area contributed by atoms with Gasteiger partial charge in [-0.3, -0.25) is 9.36 Å². The molecule has 0 saturated carbocycles. The van der Waals surface area contributed by atoms with E-state index in [4.69, 9.17) is 28.0 Å². The van der Waals surface area contributed by atoms with Crippen LogP contribution in [0.5, 0.6) is 11.5 Å². The Hall–Kier alpha value is -4.67. The maximum atomic E-state index is 14.1. The van der Waals surface area contributed by atoms with Crippen molar-refractivity contribution in [3.8, 4) is 17.6 Å². The van der Waals surface area contributed by atoms with Crippen molar-refractivity contribution in [3.63, 3.8) is 0 Å². The molecule has 1 aromatic heterocycles. The van der Waals surface area contributed by atoms with E-state index < -0.39 is 38.3 Å². The van der Waals surface area contributed by atoms with Crippen LogP contribution in [0.25, 0.3) is 0 Å². The number of anilines is 1. The number of methoxy groups -OCH3 is 2. The minimum atomic E-state index is -1.70. The Morgan fingerprint density at radius 3 is 1.91 bits per heavy atom. The summed E-state index contributed by atoms with van der Waals surface area (Å²) in [5, 5.41) is 12.5. The van der Waals surface area contributed by atoms with Gasteiger partial charge in [-0.2, -0.15) is 10.2 Å². The lowest BCUT2D eigenvalue weighted by Gasteiger charge is -2.39. The second-order valence-corrected chi connectivity index (χ2v) is 19.9. The molecule has 0 bridgehead atoms. The largest absolute Gasteiger partial charge is 0.497 e. The molecule has 1 saturated heterocycles. The van der Waals surface area contributed by atoms with Crippen molar-refractivity contribution < 1.29 is 32.8 Å². The number of hydrogen-bond acceptors (Lipinski definition) is 11. The Kier molecular flexibility index (Phi) is 23.1. The molecular weight excluding hydrogens is 890 g/mol. The van der Waals surface area contributed by atoms with Gasteiger partial charge in [0.15, 0.2) is 0 Å². The highest BCUT2D eigenvalue weighted by molar-refractivity contribution is 7.44. The smallest absolute Gasteiger partial charge is 0.351 e. The maximum Gasteiger partial charge on any atom is 0.351 e. The van der Waals surface area contributed by atoms with E-state index in [1.54, 1.807) is 26.5 Å². The van der Waals surface area contributed by atoms with Gasteiger partial charge in [-0.25, -0.2) is 9.46 Å². The SMILES string of the molecule is CCCCCCCCC(CCCCCC)C(=O)Nc1ccn(C2CC(OP(OCCC#N)N(C(C)C)C(C)C)C(COC(c3ccccc3)(c3ccc(OC)cc3)c3ccc(OC)cc3)O2)c(=O)n1. The van der Waals surface area contributed by atoms with E-state index in [-0.39, 0.29) is 55.8 Å². The van der Waals surface area contributed by atoms with Gasteiger partial charge in [0, 0.05) is 30.6 Å². The third-order valence-electron chi connectivity index (χ3n) is 12.8. The lowest BCUT2D eigenvalue weighted by atomic mass is 9.80. The van der Waals surface area contributed by atoms with Crippen LogP contribution in [0.3, 0.4) is 0 Å². The van der Waals surface area contributed by atoms with Crippen LogP contribution in [0, 0.1) is 17.2 Å². The molecule has 5 atom stereocenters. The summed E-state index contributed by atoms with van der Waals surface area (Å²) in [5.74, 6) is 1.40. The standard InChI is InChI=1S/C55H78N5O8P/c1-9-11-13-15-16-19-24-43(23-18-14-12-10-2)53(61)57-51-35-37-59(54(62)58-51)52-39-49(68-69(66-38-22-36-56)60(41(3)4)42(5)6)50(67-52)40-65-55(44-25-20-17-21-26-44,45-27-31-47(63-7)32-28-45)46-29-33-48(64-8)34-30-46/h17,20-21,25-35,37,41-43,49-50,52H,9-16,18-19,22-24,38-40H2,1-8H3,(H,57,58,61,62). The summed E-state index contributed by atoms with van der Waals surface area (Å²) in [5.41, 5.74) is 0.888. The molecule has 2 heterocycles. The molecular formula is C55H78N5O8P. The molecule has 69 heavy (non-hydrogen) atoms.